The first-order valence-corrected chi connectivity index (χ1v) is 7.53. The lowest BCUT2D eigenvalue weighted by atomic mass is 10.2. The van der Waals surface area contributed by atoms with Crippen molar-refractivity contribution in [2.75, 3.05) is 6.61 Å². The highest BCUT2D eigenvalue weighted by atomic mass is 28.4. The second kappa shape index (κ2) is 4.62. The first-order valence-electron chi connectivity index (χ1n) is 4.62. The van der Waals surface area contributed by atoms with E-state index in [0.717, 1.165) is 6.08 Å². The average molecular weight is 213 g/mol. The summed E-state index contributed by atoms with van der Waals surface area (Å²) >= 11 is 0. The third kappa shape index (κ3) is 3.94. The fourth-order valence-electron chi connectivity index (χ4n) is 0.587. The summed E-state index contributed by atoms with van der Waals surface area (Å²) in [5.74, 6) is -0.00248. The van der Waals surface area contributed by atoms with Crippen LogP contribution in [0.5, 0.6) is 0 Å². The molecule has 0 rings (SSSR count). The zero-order valence-electron chi connectivity index (χ0n) is 9.59. The first kappa shape index (κ1) is 13.2. The third-order valence-electron chi connectivity index (χ3n) is 2.62. The SMILES string of the molecule is CC(C)(C)[Si](C)(C)OC/C(O)=C/C#N. The molecule has 0 aromatic rings. The summed E-state index contributed by atoms with van der Waals surface area (Å²) in [5, 5.41) is 17.6. The Balaban J connectivity index is 4.28. The van der Waals surface area contributed by atoms with Crippen LogP contribution in [-0.4, -0.2) is 20.0 Å². The van der Waals surface area contributed by atoms with Gasteiger partial charge in [0.2, 0.25) is 0 Å². The van der Waals surface area contributed by atoms with Gasteiger partial charge in [0.15, 0.2) is 8.32 Å². The molecule has 0 atom stereocenters. The molecule has 0 aromatic heterocycles. The number of nitrogens with zero attached hydrogens (tertiary/aromatic N) is 1. The fourth-order valence-corrected chi connectivity index (χ4v) is 1.53. The Hall–Kier alpha value is -0.793. The zero-order chi connectivity index (χ0) is 11.4. The Morgan fingerprint density at radius 3 is 2.36 bits per heavy atom. The van der Waals surface area contributed by atoms with E-state index in [9.17, 15) is 5.11 Å². The maximum Gasteiger partial charge on any atom is 0.192 e. The average Bonchev–Trinajstić information content (AvgIpc) is 1.99. The monoisotopic (exact) mass is 213 g/mol. The van der Waals surface area contributed by atoms with Crippen LogP contribution in [-0.2, 0) is 4.43 Å². The molecule has 0 aromatic carbocycles. The molecule has 14 heavy (non-hydrogen) atoms. The molecule has 0 amide bonds. The van der Waals surface area contributed by atoms with Gasteiger partial charge < -0.3 is 9.53 Å². The van der Waals surface area contributed by atoms with Gasteiger partial charge in [-0.1, -0.05) is 20.8 Å². The second-order valence-corrected chi connectivity index (χ2v) is 9.62. The summed E-state index contributed by atoms with van der Waals surface area (Å²) < 4.78 is 5.68. The summed E-state index contributed by atoms with van der Waals surface area (Å²) in [6, 6.07) is 1.77. The standard InChI is InChI=1S/C10H19NO2Si/c1-10(2,3)14(4,5)13-8-9(12)6-7-11/h6,12H,8H2,1-5H3/b9-6-. The van der Waals surface area contributed by atoms with Crippen LogP contribution in [0, 0.1) is 11.3 Å². The van der Waals surface area contributed by atoms with Gasteiger partial charge in [-0.2, -0.15) is 5.26 Å². The van der Waals surface area contributed by atoms with E-state index >= 15 is 0 Å². The smallest absolute Gasteiger partial charge is 0.192 e. The van der Waals surface area contributed by atoms with E-state index in [1.807, 2.05) is 0 Å². The molecule has 4 heteroatoms. The Morgan fingerprint density at radius 1 is 1.50 bits per heavy atom. The van der Waals surface area contributed by atoms with Crippen LogP contribution in [0.15, 0.2) is 11.8 Å². The van der Waals surface area contributed by atoms with Gasteiger partial charge in [0, 0.05) is 0 Å². The van der Waals surface area contributed by atoms with Gasteiger partial charge in [-0.25, -0.2) is 0 Å². The van der Waals surface area contributed by atoms with Crippen LogP contribution in [0.1, 0.15) is 20.8 Å². The number of allylic oxidation sites excluding steroid dienone is 1. The summed E-state index contributed by atoms with van der Waals surface area (Å²) in [4.78, 5) is 0. The molecule has 0 heterocycles. The highest BCUT2D eigenvalue weighted by molar-refractivity contribution is 6.74. The largest absolute Gasteiger partial charge is 0.509 e. The molecule has 1 N–H and O–H groups in total. The molecule has 0 aliphatic carbocycles. The Morgan fingerprint density at radius 2 is 2.00 bits per heavy atom. The molecule has 3 nitrogen and oxygen atoms in total. The third-order valence-corrected chi connectivity index (χ3v) is 7.10. The van der Waals surface area contributed by atoms with E-state index in [4.69, 9.17) is 9.69 Å². The normalized spacial score (nSPS) is 13.9. The van der Waals surface area contributed by atoms with Gasteiger partial charge in [-0.05, 0) is 18.1 Å². The van der Waals surface area contributed by atoms with Gasteiger partial charge in [0.05, 0.1) is 18.8 Å². The zero-order valence-corrected chi connectivity index (χ0v) is 10.6. The Kier molecular flexibility index (Phi) is 4.36. The lowest BCUT2D eigenvalue weighted by molar-refractivity contribution is 0.252. The van der Waals surface area contributed by atoms with E-state index in [1.54, 1.807) is 6.07 Å². The van der Waals surface area contributed by atoms with Crippen molar-refractivity contribution in [3.05, 3.63) is 11.8 Å². The number of nitriles is 1. The van der Waals surface area contributed by atoms with E-state index in [0.29, 0.717) is 0 Å². The molecule has 0 spiro atoms. The van der Waals surface area contributed by atoms with Crippen molar-refractivity contribution in [2.45, 2.75) is 38.9 Å². The van der Waals surface area contributed by atoms with E-state index in [-0.39, 0.29) is 17.4 Å². The molecule has 0 saturated heterocycles. The summed E-state index contributed by atoms with van der Waals surface area (Å²) in [6.45, 7) is 10.7. The number of aliphatic hydroxyl groups excluding tert-OH is 1. The van der Waals surface area contributed by atoms with Crippen LogP contribution in [0.3, 0.4) is 0 Å². The maximum atomic E-state index is 9.21. The van der Waals surface area contributed by atoms with E-state index in [1.165, 1.54) is 0 Å². The molecule has 0 aliphatic heterocycles. The van der Waals surface area contributed by atoms with Crippen molar-refractivity contribution >= 4 is 8.32 Å². The second-order valence-electron chi connectivity index (χ2n) is 4.81. The van der Waals surface area contributed by atoms with Crippen LogP contribution in [0.2, 0.25) is 18.1 Å². The minimum atomic E-state index is -1.81. The molecule has 0 fully saturated rings. The minimum absolute atomic E-state index is 0.00248. The van der Waals surface area contributed by atoms with Crippen molar-refractivity contribution in [3.63, 3.8) is 0 Å². The Labute approximate surface area is 87.1 Å². The van der Waals surface area contributed by atoms with Crippen LogP contribution in [0.25, 0.3) is 0 Å². The number of aliphatic hydroxyl groups is 1. The highest BCUT2D eigenvalue weighted by Gasteiger charge is 2.37. The molecule has 0 unspecified atom stereocenters. The summed E-state index contributed by atoms with van der Waals surface area (Å²) in [6.07, 6.45) is 1.10. The molecule has 0 aliphatic rings. The number of rotatable bonds is 3. The first-order chi connectivity index (χ1) is 6.20. The number of hydrogen-bond donors (Lipinski definition) is 1. The van der Waals surface area contributed by atoms with Gasteiger partial charge in [0.25, 0.3) is 0 Å². The topological polar surface area (TPSA) is 53.2 Å². The number of hydrogen-bond acceptors (Lipinski definition) is 3. The van der Waals surface area contributed by atoms with E-state index < -0.39 is 8.32 Å². The van der Waals surface area contributed by atoms with Gasteiger partial charge in [-0.15, -0.1) is 0 Å². The van der Waals surface area contributed by atoms with Crippen LogP contribution in [0.4, 0.5) is 0 Å². The molecule has 0 saturated carbocycles. The quantitative estimate of drug-likeness (QED) is 0.445. The summed E-state index contributed by atoms with van der Waals surface area (Å²) in [5.41, 5.74) is 0. The van der Waals surface area contributed by atoms with Crippen molar-refractivity contribution in [1.29, 1.82) is 5.26 Å². The molecule has 0 bridgehead atoms. The predicted octanol–water partition coefficient (Wildman–Crippen LogP) is 2.97. The predicted molar refractivity (Wildman–Crippen MR) is 59.5 cm³/mol. The maximum absolute atomic E-state index is 9.21. The molecule has 0 radical (unpaired) electrons. The van der Waals surface area contributed by atoms with Crippen LogP contribution >= 0.6 is 0 Å². The lowest BCUT2D eigenvalue weighted by Crippen LogP contribution is -2.41. The van der Waals surface area contributed by atoms with Gasteiger partial charge >= 0.3 is 0 Å². The minimum Gasteiger partial charge on any atom is -0.509 e. The van der Waals surface area contributed by atoms with Crippen molar-refractivity contribution in [1.82, 2.24) is 0 Å². The molecular weight excluding hydrogens is 194 g/mol. The summed E-state index contributed by atoms with van der Waals surface area (Å²) in [7, 11) is -1.81. The highest BCUT2D eigenvalue weighted by Crippen LogP contribution is 2.36. The van der Waals surface area contributed by atoms with Crippen molar-refractivity contribution in [3.8, 4) is 6.07 Å². The van der Waals surface area contributed by atoms with E-state index in [2.05, 4.69) is 33.9 Å². The fraction of sp³-hybridized carbons (Fsp3) is 0.700. The van der Waals surface area contributed by atoms with Crippen LogP contribution < -0.4 is 0 Å². The van der Waals surface area contributed by atoms with Gasteiger partial charge in [0.1, 0.15) is 5.76 Å². The molecular formula is C10H19NO2Si. The van der Waals surface area contributed by atoms with Crippen molar-refractivity contribution in [2.24, 2.45) is 0 Å². The lowest BCUT2D eigenvalue weighted by Gasteiger charge is -2.35. The molecule has 80 valence electrons. The Bertz CT molecular complexity index is 258. The van der Waals surface area contributed by atoms with Gasteiger partial charge in [-0.3, -0.25) is 0 Å². The van der Waals surface area contributed by atoms with Crippen molar-refractivity contribution < 1.29 is 9.53 Å².